The number of urea groups is 1. The molecule has 0 fully saturated rings. The first kappa shape index (κ1) is 16.5. The third-order valence-electron chi connectivity index (χ3n) is 2.81. The molecule has 0 saturated heterocycles. The van der Waals surface area contributed by atoms with Crippen LogP contribution in [-0.2, 0) is 9.59 Å². The number of aliphatic carboxylic acids is 2. The van der Waals surface area contributed by atoms with Crippen molar-refractivity contribution in [2.24, 2.45) is 0 Å². The van der Waals surface area contributed by atoms with E-state index >= 15 is 0 Å². The van der Waals surface area contributed by atoms with Gasteiger partial charge in [-0.1, -0.05) is 32.0 Å². The number of anilines is 1. The Hall–Kier alpha value is -2.57. The summed E-state index contributed by atoms with van der Waals surface area (Å²) in [6.45, 7) is 3.92. The SMILES string of the molecule is CC(C)c1ccccc1NC(=O)NC(CC(=O)O)C(=O)O. The molecule has 0 aliphatic rings. The van der Waals surface area contributed by atoms with Crippen LogP contribution in [0.4, 0.5) is 10.5 Å². The van der Waals surface area contributed by atoms with Crippen LogP contribution in [0.25, 0.3) is 0 Å². The largest absolute Gasteiger partial charge is 0.481 e. The quantitative estimate of drug-likeness (QED) is 0.639. The Morgan fingerprint density at radius 1 is 1.14 bits per heavy atom. The van der Waals surface area contributed by atoms with Gasteiger partial charge in [-0.3, -0.25) is 4.79 Å². The monoisotopic (exact) mass is 294 g/mol. The molecule has 114 valence electrons. The van der Waals surface area contributed by atoms with Gasteiger partial charge in [-0.05, 0) is 17.5 Å². The van der Waals surface area contributed by atoms with Crippen molar-refractivity contribution in [2.75, 3.05) is 5.32 Å². The second-order valence-corrected chi connectivity index (χ2v) is 4.83. The van der Waals surface area contributed by atoms with E-state index in [4.69, 9.17) is 10.2 Å². The standard InChI is InChI=1S/C14H18N2O5/c1-8(2)9-5-3-4-6-10(9)15-14(21)16-11(13(19)20)7-12(17)18/h3-6,8,11H,7H2,1-2H3,(H,17,18)(H,19,20)(H2,15,16,21). The van der Waals surface area contributed by atoms with Gasteiger partial charge in [0, 0.05) is 5.69 Å². The van der Waals surface area contributed by atoms with Crippen molar-refractivity contribution in [2.45, 2.75) is 32.2 Å². The lowest BCUT2D eigenvalue weighted by Gasteiger charge is -2.16. The lowest BCUT2D eigenvalue weighted by molar-refractivity contribution is -0.145. The van der Waals surface area contributed by atoms with E-state index in [-0.39, 0.29) is 5.92 Å². The zero-order valence-electron chi connectivity index (χ0n) is 11.8. The highest BCUT2D eigenvalue weighted by molar-refractivity contribution is 5.94. The van der Waals surface area contributed by atoms with Gasteiger partial charge >= 0.3 is 18.0 Å². The van der Waals surface area contributed by atoms with Gasteiger partial charge < -0.3 is 20.8 Å². The molecule has 0 bridgehead atoms. The number of nitrogens with one attached hydrogen (secondary N) is 2. The van der Waals surface area contributed by atoms with Crippen LogP contribution in [0.5, 0.6) is 0 Å². The van der Waals surface area contributed by atoms with Crippen molar-refractivity contribution >= 4 is 23.7 Å². The summed E-state index contributed by atoms with van der Waals surface area (Å²) in [6, 6.07) is 4.90. The van der Waals surface area contributed by atoms with E-state index in [2.05, 4.69) is 10.6 Å². The molecule has 7 nitrogen and oxygen atoms in total. The van der Waals surface area contributed by atoms with E-state index in [1.807, 2.05) is 26.0 Å². The van der Waals surface area contributed by atoms with Crippen LogP contribution in [-0.4, -0.2) is 34.2 Å². The number of carbonyl (C=O) groups excluding carboxylic acids is 1. The molecule has 0 spiro atoms. The molecule has 1 unspecified atom stereocenters. The van der Waals surface area contributed by atoms with Crippen molar-refractivity contribution < 1.29 is 24.6 Å². The Kier molecular flexibility index (Phi) is 5.71. The fraction of sp³-hybridized carbons (Fsp3) is 0.357. The molecular formula is C14H18N2O5. The molecule has 1 atom stereocenters. The van der Waals surface area contributed by atoms with Gasteiger partial charge in [0.05, 0.1) is 6.42 Å². The number of para-hydroxylation sites is 1. The van der Waals surface area contributed by atoms with E-state index in [0.717, 1.165) is 5.56 Å². The number of carboxylic acids is 2. The van der Waals surface area contributed by atoms with E-state index in [1.54, 1.807) is 12.1 Å². The van der Waals surface area contributed by atoms with Crippen molar-refractivity contribution in [1.82, 2.24) is 5.32 Å². The van der Waals surface area contributed by atoms with Gasteiger partial charge in [0.1, 0.15) is 6.04 Å². The fourth-order valence-electron chi connectivity index (χ4n) is 1.81. The van der Waals surface area contributed by atoms with Gasteiger partial charge in [-0.2, -0.15) is 0 Å². The first-order chi connectivity index (χ1) is 9.81. The van der Waals surface area contributed by atoms with E-state index in [1.165, 1.54) is 0 Å². The molecule has 1 aromatic rings. The minimum Gasteiger partial charge on any atom is -0.481 e. The normalized spacial score (nSPS) is 11.8. The zero-order chi connectivity index (χ0) is 16.0. The Morgan fingerprint density at radius 2 is 1.76 bits per heavy atom. The molecule has 1 rings (SSSR count). The highest BCUT2D eigenvalue weighted by atomic mass is 16.4. The van der Waals surface area contributed by atoms with Crippen molar-refractivity contribution in [3.63, 3.8) is 0 Å². The van der Waals surface area contributed by atoms with Crippen LogP contribution >= 0.6 is 0 Å². The van der Waals surface area contributed by atoms with Crippen LogP contribution in [0, 0.1) is 0 Å². The molecule has 0 saturated carbocycles. The summed E-state index contributed by atoms with van der Waals surface area (Å²) in [5.74, 6) is -2.52. The molecule has 0 radical (unpaired) electrons. The number of benzene rings is 1. The summed E-state index contributed by atoms with van der Waals surface area (Å²) in [5.41, 5.74) is 1.46. The maximum absolute atomic E-state index is 11.8. The number of amides is 2. The van der Waals surface area contributed by atoms with Gasteiger partial charge in [-0.25, -0.2) is 9.59 Å². The Balaban J connectivity index is 2.77. The molecule has 0 aliphatic heterocycles. The number of carbonyl (C=O) groups is 3. The van der Waals surface area contributed by atoms with Crippen LogP contribution in [0.1, 0.15) is 31.7 Å². The van der Waals surface area contributed by atoms with E-state index < -0.39 is 30.4 Å². The summed E-state index contributed by atoms with van der Waals surface area (Å²) < 4.78 is 0. The van der Waals surface area contributed by atoms with Gasteiger partial charge in [0.25, 0.3) is 0 Å². The summed E-state index contributed by atoms with van der Waals surface area (Å²) in [7, 11) is 0. The van der Waals surface area contributed by atoms with Gasteiger partial charge in [-0.15, -0.1) is 0 Å². The summed E-state index contributed by atoms with van der Waals surface area (Å²) in [4.78, 5) is 33.3. The highest BCUT2D eigenvalue weighted by Gasteiger charge is 2.23. The van der Waals surface area contributed by atoms with Crippen LogP contribution < -0.4 is 10.6 Å². The van der Waals surface area contributed by atoms with E-state index in [9.17, 15) is 14.4 Å². The molecule has 1 aromatic carbocycles. The summed E-state index contributed by atoms with van der Waals surface area (Å²) >= 11 is 0. The van der Waals surface area contributed by atoms with E-state index in [0.29, 0.717) is 5.69 Å². The van der Waals surface area contributed by atoms with Crippen molar-refractivity contribution in [1.29, 1.82) is 0 Å². The molecule has 0 aliphatic carbocycles. The third-order valence-corrected chi connectivity index (χ3v) is 2.81. The van der Waals surface area contributed by atoms with Crippen molar-refractivity contribution in [3.8, 4) is 0 Å². The molecule has 4 N–H and O–H groups in total. The Morgan fingerprint density at radius 3 is 2.29 bits per heavy atom. The van der Waals surface area contributed by atoms with Crippen LogP contribution in [0.15, 0.2) is 24.3 Å². The summed E-state index contributed by atoms with van der Waals surface area (Å²) in [6.07, 6.45) is -0.686. The number of hydrogen-bond donors (Lipinski definition) is 4. The molecule has 21 heavy (non-hydrogen) atoms. The fourth-order valence-corrected chi connectivity index (χ4v) is 1.81. The topological polar surface area (TPSA) is 116 Å². The second-order valence-electron chi connectivity index (χ2n) is 4.83. The van der Waals surface area contributed by atoms with Crippen LogP contribution in [0.2, 0.25) is 0 Å². The third kappa shape index (κ3) is 5.13. The number of carboxylic acid groups (broad SMARTS) is 2. The Labute approximate surface area is 122 Å². The average Bonchev–Trinajstić information content (AvgIpc) is 2.37. The average molecular weight is 294 g/mol. The molecule has 0 aromatic heterocycles. The smallest absolute Gasteiger partial charge is 0.326 e. The van der Waals surface area contributed by atoms with Crippen LogP contribution in [0.3, 0.4) is 0 Å². The predicted octanol–water partition coefficient (Wildman–Crippen LogP) is 1.86. The van der Waals surface area contributed by atoms with Gasteiger partial charge in [0.2, 0.25) is 0 Å². The maximum Gasteiger partial charge on any atom is 0.326 e. The molecule has 7 heteroatoms. The molecule has 0 heterocycles. The number of hydrogen-bond acceptors (Lipinski definition) is 3. The van der Waals surface area contributed by atoms with Gasteiger partial charge in [0.15, 0.2) is 0 Å². The lowest BCUT2D eigenvalue weighted by atomic mass is 10.0. The second kappa shape index (κ2) is 7.28. The first-order valence-electron chi connectivity index (χ1n) is 6.42. The molecule has 2 amide bonds. The minimum absolute atomic E-state index is 0.177. The Bertz CT molecular complexity index is 542. The molecular weight excluding hydrogens is 276 g/mol. The minimum atomic E-state index is -1.48. The summed E-state index contributed by atoms with van der Waals surface area (Å²) in [5, 5.41) is 22.2. The zero-order valence-corrected chi connectivity index (χ0v) is 11.8. The highest BCUT2D eigenvalue weighted by Crippen LogP contribution is 2.23. The predicted molar refractivity (Wildman–Crippen MR) is 76.4 cm³/mol. The van der Waals surface area contributed by atoms with Crippen molar-refractivity contribution in [3.05, 3.63) is 29.8 Å². The first-order valence-corrected chi connectivity index (χ1v) is 6.42. The lowest BCUT2D eigenvalue weighted by Crippen LogP contribution is -2.44. The number of rotatable bonds is 6. The maximum atomic E-state index is 11.8.